The molecule has 0 spiro atoms. The van der Waals surface area contributed by atoms with Crippen molar-refractivity contribution >= 4 is 46.9 Å². The molecule has 0 amide bonds. The molecule has 3 aliphatic rings. The Labute approximate surface area is 249 Å². The summed E-state index contributed by atoms with van der Waals surface area (Å²) in [5, 5.41) is 5.79. The smallest absolute Gasteiger partial charge is 0.219 e. The van der Waals surface area contributed by atoms with Gasteiger partial charge in [0.05, 0.1) is 27.7 Å². The van der Waals surface area contributed by atoms with Crippen LogP contribution in [-0.2, 0) is 25.8 Å². The van der Waals surface area contributed by atoms with E-state index >= 15 is 0 Å². The van der Waals surface area contributed by atoms with Gasteiger partial charge in [0.2, 0.25) is 10.0 Å². The zero-order chi connectivity index (χ0) is 28.8. The highest BCUT2D eigenvalue weighted by atomic mass is 32.2. The number of thiol groups is 1. The Balaban J connectivity index is 1.40. The van der Waals surface area contributed by atoms with Gasteiger partial charge in [-0.05, 0) is 80.5 Å². The molecule has 1 aromatic heterocycles. The molecule has 1 aliphatic heterocycles. The molecule has 7 rings (SSSR count). The lowest BCUT2D eigenvalue weighted by Gasteiger charge is -2.37. The van der Waals surface area contributed by atoms with E-state index in [4.69, 9.17) is 22.5 Å². The minimum absolute atomic E-state index is 0.367. The maximum Gasteiger partial charge on any atom is 0.219 e. The van der Waals surface area contributed by atoms with Crippen molar-refractivity contribution in [2.75, 3.05) is 20.2 Å². The number of fused-ring (bicyclic) bond motifs is 2. The molecule has 3 unspecified atom stereocenters. The number of rotatable bonds is 6. The van der Waals surface area contributed by atoms with Crippen molar-refractivity contribution in [1.29, 1.82) is 0 Å². The summed E-state index contributed by atoms with van der Waals surface area (Å²) in [5.74, 6) is 0. The predicted molar refractivity (Wildman–Crippen MR) is 170 cm³/mol. The molecule has 6 nitrogen and oxygen atoms in total. The summed E-state index contributed by atoms with van der Waals surface area (Å²) < 4.78 is 36.6. The Morgan fingerprint density at radius 3 is 2.37 bits per heavy atom. The molecule has 1 saturated heterocycles. The fourth-order valence-electron chi connectivity index (χ4n) is 7.56. The average Bonchev–Trinajstić information content (AvgIpc) is 3.37. The van der Waals surface area contributed by atoms with E-state index in [-0.39, 0.29) is 0 Å². The molecule has 2 aliphatic carbocycles. The second-order valence-corrected chi connectivity index (χ2v) is 16.2. The van der Waals surface area contributed by atoms with Gasteiger partial charge in [-0.3, -0.25) is 0 Å². The van der Waals surface area contributed by atoms with Crippen molar-refractivity contribution in [2.45, 2.75) is 60.0 Å². The highest BCUT2D eigenvalue weighted by Crippen LogP contribution is 2.65. The zero-order valence-electron chi connectivity index (χ0n) is 24.1. The summed E-state index contributed by atoms with van der Waals surface area (Å²) in [6.45, 7) is 4.78. The number of sulfonamides is 1. The quantitative estimate of drug-likeness (QED) is 0.274. The third-order valence-corrected chi connectivity index (χ3v) is 13.6. The van der Waals surface area contributed by atoms with E-state index in [9.17, 15) is 8.42 Å². The van der Waals surface area contributed by atoms with Crippen LogP contribution in [0.5, 0.6) is 0 Å². The van der Waals surface area contributed by atoms with Crippen LogP contribution in [0.3, 0.4) is 0 Å². The van der Waals surface area contributed by atoms with Crippen molar-refractivity contribution in [3.05, 3.63) is 89.6 Å². The van der Waals surface area contributed by atoms with Gasteiger partial charge < -0.3 is 4.74 Å². The van der Waals surface area contributed by atoms with Crippen molar-refractivity contribution in [3.63, 3.8) is 0 Å². The molecular formula is C32H36BN3O3S2. The largest absolute Gasteiger partial charge is 0.373 e. The average molecular weight is 586 g/mol. The summed E-state index contributed by atoms with van der Waals surface area (Å²) in [7, 11) is 0.394. The summed E-state index contributed by atoms with van der Waals surface area (Å²) >= 11 is 5.47. The fourth-order valence-corrected chi connectivity index (χ4v) is 10.4. The van der Waals surface area contributed by atoms with E-state index < -0.39 is 30.5 Å². The van der Waals surface area contributed by atoms with E-state index in [0.717, 1.165) is 33.3 Å². The van der Waals surface area contributed by atoms with Gasteiger partial charge >= 0.3 is 0 Å². The fraction of sp³-hybridized carbons (Fsp3) is 0.406. The van der Waals surface area contributed by atoms with Gasteiger partial charge in [0.1, 0.15) is 7.85 Å². The molecule has 0 radical (unpaired) electrons. The standard InChI is InChI=1S/C32H36BN3O3S2/c1-22-15-28-23(17-34-36(28)26-11-9-25(33)10-12-26)16-27(22)30-18-31(39-3,24-7-5-4-6-8-24)19-32(30,40)21-35(20-30)41(37,38)29(2)13-14-29/h4-12,15-17,40H,13-14,18-21,33H2,1-3H3. The molecule has 4 aromatic rings. The number of ether oxygens (including phenoxy) is 1. The summed E-state index contributed by atoms with van der Waals surface area (Å²) in [6, 6.07) is 23.2. The van der Waals surface area contributed by atoms with Gasteiger partial charge in [-0.25, -0.2) is 13.1 Å². The van der Waals surface area contributed by atoms with Crippen LogP contribution in [0.2, 0.25) is 0 Å². The van der Waals surface area contributed by atoms with E-state index in [0.29, 0.717) is 38.8 Å². The van der Waals surface area contributed by atoms with E-state index in [1.54, 1.807) is 11.4 Å². The van der Waals surface area contributed by atoms with Gasteiger partial charge in [0.15, 0.2) is 0 Å². The molecule has 2 saturated carbocycles. The van der Waals surface area contributed by atoms with Crippen LogP contribution in [0.1, 0.15) is 49.3 Å². The van der Waals surface area contributed by atoms with Gasteiger partial charge in [0, 0.05) is 35.7 Å². The number of aryl methyl sites for hydroxylation is 1. The predicted octanol–water partition coefficient (Wildman–Crippen LogP) is 4.03. The highest BCUT2D eigenvalue weighted by molar-refractivity contribution is 7.91. The first-order valence-corrected chi connectivity index (χ1v) is 16.2. The van der Waals surface area contributed by atoms with Crippen LogP contribution in [0.25, 0.3) is 16.6 Å². The van der Waals surface area contributed by atoms with E-state index in [2.05, 4.69) is 63.3 Å². The summed E-state index contributed by atoms with van der Waals surface area (Å²) in [5.41, 5.74) is 5.48. The summed E-state index contributed by atoms with van der Waals surface area (Å²) in [6.07, 6.45) is 4.61. The molecule has 0 N–H and O–H groups in total. The van der Waals surface area contributed by atoms with Gasteiger partial charge in [-0.2, -0.15) is 22.0 Å². The Hall–Kier alpha value is -2.59. The molecule has 3 atom stereocenters. The molecule has 3 fully saturated rings. The Morgan fingerprint density at radius 2 is 1.71 bits per heavy atom. The third-order valence-electron chi connectivity index (χ3n) is 10.3. The first-order valence-electron chi connectivity index (χ1n) is 14.3. The minimum atomic E-state index is -3.46. The number of hydrogen-bond donors (Lipinski definition) is 1. The van der Waals surface area contributed by atoms with Crippen molar-refractivity contribution < 1.29 is 13.2 Å². The molecule has 212 valence electrons. The molecule has 0 bridgehead atoms. The Morgan fingerprint density at radius 1 is 1.00 bits per heavy atom. The van der Waals surface area contributed by atoms with Gasteiger partial charge in [-0.15, -0.1) is 0 Å². The van der Waals surface area contributed by atoms with Crippen LogP contribution >= 0.6 is 12.6 Å². The zero-order valence-corrected chi connectivity index (χ0v) is 25.8. The summed E-state index contributed by atoms with van der Waals surface area (Å²) in [4.78, 5) is 0. The van der Waals surface area contributed by atoms with Crippen molar-refractivity contribution in [2.24, 2.45) is 0 Å². The molecule has 2 heterocycles. The van der Waals surface area contributed by atoms with E-state index in [1.165, 1.54) is 5.46 Å². The minimum Gasteiger partial charge on any atom is -0.373 e. The SMILES string of the molecule is Bc1ccc(-n2ncc3cc(C45CN(S(=O)(=O)C6(C)CC6)CC4(S)CC(OC)(c4ccccc4)C5)c(C)cc32)cc1. The maximum absolute atomic E-state index is 13.9. The number of methoxy groups -OCH3 is 1. The topological polar surface area (TPSA) is 64.4 Å². The first kappa shape index (κ1) is 27.3. The Bertz CT molecular complexity index is 1770. The number of benzene rings is 3. The van der Waals surface area contributed by atoms with Crippen LogP contribution in [0.4, 0.5) is 0 Å². The third kappa shape index (κ3) is 3.85. The first-order chi connectivity index (χ1) is 19.5. The van der Waals surface area contributed by atoms with Crippen LogP contribution in [-0.4, -0.2) is 60.0 Å². The van der Waals surface area contributed by atoms with Crippen molar-refractivity contribution in [3.8, 4) is 5.69 Å². The molecule has 9 heteroatoms. The monoisotopic (exact) mass is 585 g/mol. The number of aromatic nitrogens is 2. The normalized spacial score (nSPS) is 29.2. The van der Waals surface area contributed by atoms with Crippen LogP contribution < -0.4 is 5.46 Å². The van der Waals surface area contributed by atoms with Gasteiger partial charge in [-0.1, -0.05) is 47.9 Å². The molecule has 41 heavy (non-hydrogen) atoms. The maximum atomic E-state index is 13.9. The number of nitrogens with zero attached hydrogens (tertiary/aromatic N) is 3. The Kier molecular flexibility index (Phi) is 5.96. The molecular weight excluding hydrogens is 549 g/mol. The van der Waals surface area contributed by atoms with Crippen LogP contribution in [0, 0.1) is 6.92 Å². The van der Waals surface area contributed by atoms with Gasteiger partial charge in [0.25, 0.3) is 0 Å². The highest BCUT2D eigenvalue weighted by Gasteiger charge is 2.70. The second kappa shape index (κ2) is 8.96. The van der Waals surface area contributed by atoms with E-state index in [1.807, 2.05) is 36.0 Å². The number of hydrogen-bond acceptors (Lipinski definition) is 5. The second-order valence-electron chi connectivity index (χ2n) is 12.9. The lowest BCUT2D eigenvalue weighted by molar-refractivity contribution is -0.0175. The van der Waals surface area contributed by atoms with Crippen LogP contribution in [0.15, 0.2) is 72.9 Å². The molecule has 3 aromatic carbocycles. The van der Waals surface area contributed by atoms with Crippen molar-refractivity contribution in [1.82, 2.24) is 14.1 Å². The lowest BCUT2D eigenvalue weighted by atomic mass is 9.71. The lowest BCUT2D eigenvalue weighted by Crippen LogP contribution is -2.42.